The SMILES string of the molecule is COc1ccc(CN(C)CC(=O)N2CCC[C@@H](c3nc4ccccc4s3)C2)cc1. The summed E-state index contributed by atoms with van der Waals surface area (Å²) in [5.74, 6) is 1.39. The van der Waals surface area contributed by atoms with Crippen LogP contribution in [-0.4, -0.2) is 54.5 Å². The van der Waals surface area contributed by atoms with Gasteiger partial charge in [0.2, 0.25) is 5.91 Å². The maximum atomic E-state index is 12.9. The molecule has 0 unspecified atom stereocenters. The summed E-state index contributed by atoms with van der Waals surface area (Å²) in [4.78, 5) is 21.8. The molecule has 2 heterocycles. The van der Waals surface area contributed by atoms with E-state index >= 15 is 0 Å². The minimum atomic E-state index is 0.201. The summed E-state index contributed by atoms with van der Waals surface area (Å²) in [5, 5.41) is 1.16. The van der Waals surface area contributed by atoms with Crippen molar-refractivity contribution in [2.75, 3.05) is 33.8 Å². The van der Waals surface area contributed by atoms with Gasteiger partial charge in [0, 0.05) is 25.6 Å². The molecule has 1 fully saturated rings. The summed E-state index contributed by atoms with van der Waals surface area (Å²) in [6, 6.07) is 16.3. The van der Waals surface area contributed by atoms with Crippen molar-refractivity contribution < 1.29 is 9.53 Å². The van der Waals surface area contributed by atoms with Crippen molar-refractivity contribution in [3.05, 3.63) is 59.1 Å². The Kier molecular flexibility index (Phi) is 6.11. The maximum Gasteiger partial charge on any atom is 0.236 e. The first-order chi connectivity index (χ1) is 14.1. The number of fused-ring (bicyclic) bond motifs is 1. The topological polar surface area (TPSA) is 45.7 Å². The van der Waals surface area contributed by atoms with Crippen molar-refractivity contribution in [3.63, 3.8) is 0 Å². The van der Waals surface area contributed by atoms with Crippen LogP contribution in [0.1, 0.15) is 29.3 Å². The van der Waals surface area contributed by atoms with Crippen LogP contribution >= 0.6 is 11.3 Å². The Labute approximate surface area is 175 Å². The van der Waals surface area contributed by atoms with Crippen molar-refractivity contribution in [2.24, 2.45) is 0 Å². The molecule has 0 spiro atoms. The number of methoxy groups -OCH3 is 1. The number of hydrogen-bond donors (Lipinski definition) is 0. The second-order valence-corrected chi connectivity index (χ2v) is 8.78. The molecular weight excluding hydrogens is 382 g/mol. The van der Waals surface area contributed by atoms with Crippen LogP contribution in [0.15, 0.2) is 48.5 Å². The summed E-state index contributed by atoms with van der Waals surface area (Å²) in [5.41, 5.74) is 2.24. The van der Waals surface area contributed by atoms with Crippen molar-refractivity contribution >= 4 is 27.5 Å². The molecule has 6 heteroatoms. The van der Waals surface area contributed by atoms with Crippen LogP contribution in [-0.2, 0) is 11.3 Å². The second kappa shape index (κ2) is 8.93. The van der Waals surface area contributed by atoms with Crippen LogP contribution in [0.3, 0.4) is 0 Å². The Bertz CT molecular complexity index is 937. The standard InChI is InChI=1S/C23H27N3O2S/c1-25(14-17-9-11-19(28-2)12-10-17)16-22(27)26-13-5-6-18(15-26)23-24-20-7-3-4-8-21(20)29-23/h3-4,7-12,18H,5-6,13-16H2,1-2H3/t18-/m1/s1. The zero-order chi connectivity index (χ0) is 20.2. The molecule has 3 aromatic rings. The first kappa shape index (κ1) is 19.9. The van der Waals surface area contributed by atoms with Crippen molar-refractivity contribution in [1.82, 2.24) is 14.8 Å². The molecule has 29 heavy (non-hydrogen) atoms. The number of piperidine rings is 1. The van der Waals surface area contributed by atoms with Gasteiger partial charge < -0.3 is 9.64 Å². The number of thiazole rings is 1. The lowest BCUT2D eigenvalue weighted by atomic mass is 9.98. The van der Waals surface area contributed by atoms with Gasteiger partial charge in [0.05, 0.1) is 28.9 Å². The van der Waals surface area contributed by atoms with Crippen molar-refractivity contribution in [2.45, 2.75) is 25.3 Å². The summed E-state index contributed by atoms with van der Waals surface area (Å²) in [6.45, 7) is 2.79. The predicted octanol–water partition coefficient (Wildman–Crippen LogP) is 4.14. The lowest BCUT2D eigenvalue weighted by molar-refractivity contribution is -0.133. The van der Waals surface area contributed by atoms with Gasteiger partial charge in [-0.3, -0.25) is 9.69 Å². The predicted molar refractivity (Wildman–Crippen MR) is 118 cm³/mol. The van der Waals surface area contributed by atoms with Crippen LogP contribution in [0.25, 0.3) is 10.2 Å². The van der Waals surface area contributed by atoms with E-state index in [0.717, 1.165) is 48.7 Å². The van der Waals surface area contributed by atoms with Crippen molar-refractivity contribution in [3.8, 4) is 5.75 Å². The maximum absolute atomic E-state index is 12.9. The summed E-state index contributed by atoms with van der Waals surface area (Å²) in [7, 11) is 3.66. The van der Waals surface area contributed by atoms with Gasteiger partial charge in [-0.15, -0.1) is 11.3 Å². The Balaban J connectivity index is 1.35. The minimum Gasteiger partial charge on any atom is -0.497 e. The smallest absolute Gasteiger partial charge is 0.236 e. The molecule has 1 aliphatic rings. The zero-order valence-corrected chi connectivity index (χ0v) is 17.8. The van der Waals surface area contributed by atoms with Gasteiger partial charge in [-0.1, -0.05) is 24.3 Å². The Morgan fingerprint density at radius 1 is 1.24 bits per heavy atom. The molecule has 0 aliphatic carbocycles. The normalized spacial score (nSPS) is 17.1. The largest absolute Gasteiger partial charge is 0.497 e. The molecule has 0 N–H and O–H groups in total. The van der Waals surface area contributed by atoms with E-state index in [0.29, 0.717) is 12.5 Å². The second-order valence-electron chi connectivity index (χ2n) is 7.72. The molecule has 1 aliphatic heterocycles. The van der Waals surface area contributed by atoms with Crippen LogP contribution in [0.4, 0.5) is 0 Å². The fourth-order valence-electron chi connectivity index (χ4n) is 3.90. The zero-order valence-electron chi connectivity index (χ0n) is 17.0. The quantitative estimate of drug-likeness (QED) is 0.614. The number of rotatable bonds is 6. The Morgan fingerprint density at radius 3 is 2.79 bits per heavy atom. The third-order valence-electron chi connectivity index (χ3n) is 5.45. The highest BCUT2D eigenvalue weighted by Gasteiger charge is 2.27. The number of ether oxygens (including phenoxy) is 1. The molecule has 0 saturated carbocycles. The Hall–Kier alpha value is -2.44. The van der Waals surface area contributed by atoms with Gasteiger partial charge in [0.1, 0.15) is 5.75 Å². The molecule has 5 nitrogen and oxygen atoms in total. The average Bonchev–Trinajstić information content (AvgIpc) is 3.19. The minimum absolute atomic E-state index is 0.201. The number of amides is 1. The van der Waals surface area contributed by atoms with Crippen molar-refractivity contribution in [1.29, 1.82) is 0 Å². The van der Waals surface area contributed by atoms with E-state index in [1.165, 1.54) is 10.3 Å². The fraction of sp³-hybridized carbons (Fsp3) is 0.391. The van der Waals surface area contributed by atoms with Gasteiger partial charge in [-0.2, -0.15) is 0 Å². The van der Waals surface area contributed by atoms with Crippen LogP contribution < -0.4 is 4.74 Å². The molecule has 4 rings (SSSR count). The first-order valence-electron chi connectivity index (χ1n) is 10.1. The molecule has 1 amide bonds. The third-order valence-corrected chi connectivity index (χ3v) is 6.65. The fourth-order valence-corrected chi connectivity index (χ4v) is 4.99. The molecule has 1 saturated heterocycles. The number of aromatic nitrogens is 1. The highest BCUT2D eigenvalue weighted by molar-refractivity contribution is 7.18. The van der Waals surface area contributed by atoms with E-state index in [1.807, 2.05) is 42.3 Å². The number of carbonyl (C=O) groups is 1. The number of para-hydroxylation sites is 1. The van der Waals surface area contributed by atoms with Gasteiger partial charge in [0.25, 0.3) is 0 Å². The first-order valence-corrected chi connectivity index (χ1v) is 10.9. The van der Waals surface area contributed by atoms with E-state index in [9.17, 15) is 4.79 Å². The summed E-state index contributed by atoms with van der Waals surface area (Å²) >= 11 is 1.77. The van der Waals surface area contributed by atoms with E-state index in [-0.39, 0.29) is 5.91 Å². The number of carbonyl (C=O) groups excluding carboxylic acids is 1. The number of hydrogen-bond acceptors (Lipinski definition) is 5. The molecule has 1 atom stereocenters. The Morgan fingerprint density at radius 2 is 2.03 bits per heavy atom. The van der Waals surface area contributed by atoms with E-state index in [2.05, 4.69) is 23.1 Å². The van der Waals surface area contributed by atoms with Gasteiger partial charge >= 0.3 is 0 Å². The van der Waals surface area contributed by atoms with E-state index in [4.69, 9.17) is 9.72 Å². The lowest BCUT2D eigenvalue weighted by Gasteiger charge is -2.33. The third kappa shape index (κ3) is 4.77. The molecule has 1 aromatic heterocycles. The number of likely N-dealkylation sites (N-methyl/N-ethyl adjacent to an activating group) is 1. The average molecular weight is 410 g/mol. The summed E-state index contributed by atoms with van der Waals surface area (Å²) < 4.78 is 6.43. The molecule has 0 radical (unpaired) electrons. The highest BCUT2D eigenvalue weighted by atomic mass is 32.1. The molecule has 2 aromatic carbocycles. The van der Waals surface area contributed by atoms with Gasteiger partial charge in [0.15, 0.2) is 0 Å². The number of benzene rings is 2. The van der Waals surface area contributed by atoms with Crippen LogP contribution in [0.5, 0.6) is 5.75 Å². The van der Waals surface area contributed by atoms with Crippen LogP contribution in [0, 0.1) is 0 Å². The summed E-state index contributed by atoms with van der Waals surface area (Å²) in [6.07, 6.45) is 2.14. The van der Waals surface area contributed by atoms with E-state index < -0.39 is 0 Å². The molecular formula is C23H27N3O2S. The number of nitrogens with zero attached hydrogens (tertiary/aromatic N) is 3. The molecule has 0 bridgehead atoms. The molecule has 152 valence electrons. The monoisotopic (exact) mass is 409 g/mol. The van der Waals surface area contributed by atoms with E-state index in [1.54, 1.807) is 18.4 Å². The van der Waals surface area contributed by atoms with Gasteiger partial charge in [-0.25, -0.2) is 4.98 Å². The van der Waals surface area contributed by atoms with Gasteiger partial charge in [-0.05, 0) is 49.7 Å². The lowest BCUT2D eigenvalue weighted by Crippen LogP contribution is -2.43. The number of likely N-dealkylation sites (tertiary alicyclic amines) is 1. The van der Waals surface area contributed by atoms with Crippen LogP contribution in [0.2, 0.25) is 0 Å². The highest BCUT2D eigenvalue weighted by Crippen LogP contribution is 2.33.